The highest BCUT2D eigenvalue weighted by molar-refractivity contribution is 4.99. The predicted molar refractivity (Wildman–Crippen MR) is 60.1 cm³/mol. The van der Waals surface area contributed by atoms with Crippen LogP contribution in [0.5, 0.6) is 0 Å². The van der Waals surface area contributed by atoms with E-state index in [-0.39, 0.29) is 25.2 Å². The lowest BCUT2D eigenvalue weighted by atomic mass is 9.78. The molecular formula is C11H23NO4. The van der Waals surface area contributed by atoms with Crippen LogP contribution in [0.2, 0.25) is 0 Å². The van der Waals surface area contributed by atoms with Gasteiger partial charge in [-0.25, -0.2) is 0 Å². The largest absolute Gasteiger partial charge is 0.396 e. The highest BCUT2D eigenvalue weighted by Crippen LogP contribution is 2.33. The maximum absolute atomic E-state index is 10.2. The van der Waals surface area contributed by atoms with Gasteiger partial charge in [-0.3, -0.25) is 0 Å². The molecule has 5 heteroatoms. The SMILES string of the molecule is CCN[C@@H]1[C@@H](O)[C@H](CO)C(C)(C)O[C@@H]1CO. The van der Waals surface area contributed by atoms with Gasteiger partial charge in [-0.05, 0) is 20.4 Å². The van der Waals surface area contributed by atoms with Gasteiger partial charge in [0.15, 0.2) is 0 Å². The number of nitrogens with one attached hydrogen (secondary N) is 1. The van der Waals surface area contributed by atoms with Crippen molar-refractivity contribution in [3.05, 3.63) is 0 Å². The summed E-state index contributed by atoms with van der Waals surface area (Å²) in [6.07, 6.45) is -1.15. The van der Waals surface area contributed by atoms with E-state index in [0.717, 1.165) is 0 Å². The van der Waals surface area contributed by atoms with Crippen LogP contribution in [0.3, 0.4) is 0 Å². The molecule has 0 radical (unpaired) electrons. The summed E-state index contributed by atoms with van der Waals surface area (Å²) < 4.78 is 5.73. The summed E-state index contributed by atoms with van der Waals surface area (Å²) in [5.74, 6) is -0.348. The second-order valence-electron chi connectivity index (χ2n) is 4.81. The molecule has 0 aliphatic carbocycles. The minimum absolute atomic E-state index is 0.131. The molecule has 16 heavy (non-hydrogen) atoms. The van der Waals surface area contributed by atoms with Crippen LogP contribution in [-0.4, -0.2) is 58.9 Å². The molecule has 5 nitrogen and oxygen atoms in total. The van der Waals surface area contributed by atoms with Gasteiger partial charge in [-0.2, -0.15) is 0 Å². The Balaban J connectivity index is 2.86. The first kappa shape index (κ1) is 13.9. The van der Waals surface area contributed by atoms with Crippen LogP contribution >= 0.6 is 0 Å². The number of likely N-dealkylation sites (N-methyl/N-ethyl adjacent to an activating group) is 1. The molecule has 0 saturated carbocycles. The molecule has 0 aromatic carbocycles. The van der Waals surface area contributed by atoms with Crippen molar-refractivity contribution in [2.24, 2.45) is 5.92 Å². The van der Waals surface area contributed by atoms with E-state index in [2.05, 4.69) is 5.32 Å². The third-order valence-corrected chi connectivity index (χ3v) is 3.35. The van der Waals surface area contributed by atoms with Crippen LogP contribution < -0.4 is 5.32 Å². The van der Waals surface area contributed by atoms with Gasteiger partial charge < -0.3 is 25.4 Å². The molecule has 0 bridgehead atoms. The lowest BCUT2D eigenvalue weighted by Gasteiger charge is -2.49. The van der Waals surface area contributed by atoms with Crippen LogP contribution in [0.1, 0.15) is 20.8 Å². The van der Waals surface area contributed by atoms with Crippen molar-refractivity contribution in [3.63, 3.8) is 0 Å². The zero-order valence-corrected chi connectivity index (χ0v) is 10.2. The van der Waals surface area contributed by atoms with Crippen LogP contribution in [0.15, 0.2) is 0 Å². The van der Waals surface area contributed by atoms with Crippen molar-refractivity contribution in [2.45, 2.75) is 44.6 Å². The highest BCUT2D eigenvalue weighted by atomic mass is 16.5. The first-order chi connectivity index (χ1) is 7.47. The summed E-state index contributed by atoms with van der Waals surface area (Å²) in [7, 11) is 0. The van der Waals surface area contributed by atoms with E-state index in [1.165, 1.54) is 0 Å². The van der Waals surface area contributed by atoms with E-state index < -0.39 is 17.8 Å². The molecule has 0 amide bonds. The number of aliphatic hydroxyl groups excluding tert-OH is 3. The molecule has 96 valence electrons. The molecule has 4 N–H and O–H groups in total. The maximum Gasteiger partial charge on any atom is 0.0991 e. The van der Waals surface area contributed by atoms with E-state index in [1.807, 2.05) is 20.8 Å². The lowest BCUT2D eigenvalue weighted by Crippen LogP contribution is -2.65. The Kier molecular flexibility index (Phi) is 4.70. The summed E-state index contributed by atoms with van der Waals surface area (Å²) in [5.41, 5.74) is -0.631. The fourth-order valence-corrected chi connectivity index (χ4v) is 2.40. The lowest BCUT2D eigenvalue weighted by molar-refractivity contribution is -0.215. The molecule has 1 rings (SSSR count). The van der Waals surface area contributed by atoms with E-state index in [9.17, 15) is 15.3 Å². The van der Waals surface area contributed by atoms with Gasteiger partial charge in [0.05, 0.1) is 37.1 Å². The fraction of sp³-hybridized carbons (Fsp3) is 1.00. The Morgan fingerprint density at radius 3 is 2.31 bits per heavy atom. The van der Waals surface area contributed by atoms with Gasteiger partial charge in [0.1, 0.15) is 0 Å². The molecule has 1 heterocycles. The average molecular weight is 233 g/mol. The molecule has 1 aliphatic rings. The van der Waals surface area contributed by atoms with Gasteiger partial charge in [-0.1, -0.05) is 6.92 Å². The van der Waals surface area contributed by atoms with Crippen molar-refractivity contribution in [2.75, 3.05) is 19.8 Å². The molecule has 1 saturated heterocycles. The van der Waals surface area contributed by atoms with Crippen molar-refractivity contribution < 1.29 is 20.1 Å². The first-order valence-corrected chi connectivity index (χ1v) is 5.78. The standard InChI is InChI=1S/C11H23NO4/c1-4-12-9-8(6-14)16-11(2,3)7(5-13)10(9)15/h7-10,12-15H,4-6H2,1-3H3/t7-,8+,9-,10-/m0/s1. The first-order valence-electron chi connectivity index (χ1n) is 5.78. The Bertz CT molecular complexity index is 222. The number of hydrogen-bond donors (Lipinski definition) is 4. The Labute approximate surface area is 96.4 Å². The number of hydrogen-bond acceptors (Lipinski definition) is 5. The minimum Gasteiger partial charge on any atom is -0.396 e. The molecule has 4 atom stereocenters. The van der Waals surface area contributed by atoms with E-state index in [4.69, 9.17) is 4.74 Å². The third kappa shape index (κ3) is 2.55. The summed E-state index contributed by atoms with van der Waals surface area (Å²) in [4.78, 5) is 0. The number of aliphatic hydroxyl groups is 3. The van der Waals surface area contributed by atoms with Crippen LogP contribution in [0, 0.1) is 5.92 Å². The van der Waals surface area contributed by atoms with Gasteiger partial charge >= 0.3 is 0 Å². The normalized spacial score (nSPS) is 38.6. The zero-order chi connectivity index (χ0) is 12.3. The molecule has 0 spiro atoms. The van der Waals surface area contributed by atoms with Gasteiger partial charge in [0.25, 0.3) is 0 Å². The van der Waals surface area contributed by atoms with Gasteiger partial charge in [0, 0.05) is 5.92 Å². The Morgan fingerprint density at radius 2 is 1.88 bits per heavy atom. The van der Waals surface area contributed by atoms with Crippen LogP contribution in [-0.2, 0) is 4.74 Å². The van der Waals surface area contributed by atoms with E-state index in [0.29, 0.717) is 6.54 Å². The summed E-state index contributed by atoms with van der Waals surface area (Å²) >= 11 is 0. The topological polar surface area (TPSA) is 82.0 Å². The molecule has 0 aromatic rings. The third-order valence-electron chi connectivity index (χ3n) is 3.35. The molecule has 0 aromatic heterocycles. The Morgan fingerprint density at radius 1 is 1.25 bits per heavy atom. The fourth-order valence-electron chi connectivity index (χ4n) is 2.40. The molecule has 1 fully saturated rings. The second-order valence-corrected chi connectivity index (χ2v) is 4.81. The predicted octanol–water partition coefficient (Wildman–Crippen LogP) is -0.896. The van der Waals surface area contributed by atoms with Gasteiger partial charge in [0.2, 0.25) is 0 Å². The zero-order valence-electron chi connectivity index (χ0n) is 10.2. The smallest absolute Gasteiger partial charge is 0.0991 e. The van der Waals surface area contributed by atoms with Crippen molar-refractivity contribution >= 4 is 0 Å². The summed E-state index contributed by atoms with van der Waals surface area (Å²) in [5, 5.41) is 31.8. The van der Waals surface area contributed by atoms with Crippen molar-refractivity contribution in [3.8, 4) is 0 Å². The van der Waals surface area contributed by atoms with Gasteiger partial charge in [-0.15, -0.1) is 0 Å². The quantitative estimate of drug-likeness (QED) is 0.506. The monoisotopic (exact) mass is 233 g/mol. The molecular weight excluding hydrogens is 210 g/mol. The highest BCUT2D eigenvalue weighted by Gasteiger charge is 2.48. The minimum atomic E-state index is -0.717. The summed E-state index contributed by atoms with van der Waals surface area (Å²) in [6, 6.07) is -0.333. The van der Waals surface area contributed by atoms with E-state index in [1.54, 1.807) is 0 Å². The van der Waals surface area contributed by atoms with Crippen LogP contribution in [0.4, 0.5) is 0 Å². The Hall–Kier alpha value is -0.200. The molecule has 0 unspecified atom stereocenters. The summed E-state index contributed by atoms with van der Waals surface area (Å²) in [6.45, 7) is 5.98. The number of ether oxygens (including phenoxy) is 1. The second kappa shape index (κ2) is 5.42. The van der Waals surface area contributed by atoms with Crippen molar-refractivity contribution in [1.29, 1.82) is 0 Å². The maximum atomic E-state index is 10.2. The van der Waals surface area contributed by atoms with E-state index >= 15 is 0 Å². The van der Waals surface area contributed by atoms with Crippen LogP contribution in [0.25, 0.3) is 0 Å². The average Bonchev–Trinajstić information content (AvgIpc) is 2.22. The molecule has 1 aliphatic heterocycles. The van der Waals surface area contributed by atoms with Crippen molar-refractivity contribution in [1.82, 2.24) is 5.32 Å². The number of rotatable bonds is 4.